The largest absolute Gasteiger partial charge is 0.377 e. The van der Waals surface area contributed by atoms with E-state index in [-0.39, 0.29) is 5.82 Å². The Morgan fingerprint density at radius 2 is 2.21 bits per heavy atom. The van der Waals surface area contributed by atoms with Gasteiger partial charge in [-0.3, -0.25) is 0 Å². The number of rotatable bonds is 6. The predicted molar refractivity (Wildman–Crippen MR) is 76.0 cm³/mol. The molecular weight excluding hydrogens is 261 g/mol. The molecule has 4 heteroatoms. The van der Waals surface area contributed by atoms with E-state index in [1.807, 2.05) is 6.07 Å². The first-order valence-corrected chi connectivity index (χ1v) is 8.06. The lowest BCUT2D eigenvalue weighted by molar-refractivity contribution is 0.129. The van der Waals surface area contributed by atoms with Gasteiger partial charge in [0.1, 0.15) is 5.82 Å². The highest BCUT2D eigenvalue weighted by Crippen LogP contribution is 2.29. The number of hydrogen-bond acceptors (Lipinski definition) is 3. The average Bonchev–Trinajstić information content (AvgIpc) is 3.09. The quantitative estimate of drug-likeness (QED) is 0.808. The average molecular weight is 281 g/mol. The SMILES string of the molecule is Fc1cccc(SCC2CCCO2)c1CNC1CC1. The van der Waals surface area contributed by atoms with Crippen molar-refractivity contribution in [1.82, 2.24) is 5.32 Å². The Hall–Kier alpha value is -0.580. The molecule has 2 nitrogen and oxygen atoms in total. The second-order valence-corrected chi connectivity index (χ2v) is 6.38. The third kappa shape index (κ3) is 3.71. The van der Waals surface area contributed by atoms with Crippen LogP contribution < -0.4 is 5.32 Å². The van der Waals surface area contributed by atoms with Crippen LogP contribution in [0.4, 0.5) is 4.39 Å². The van der Waals surface area contributed by atoms with Gasteiger partial charge in [-0.1, -0.05) is 6.07 Å². The van der Waals surface area contributed by atoms with Gasteiger partial charge in [-0.15, -0.1) is 11.8 Å². The molecule has 104 valence electrons. The zero-order valence-corrected chi connectivity index (χ0v) is 11.8. The van der Waals surface area contributed by atoms with Crippen LogP contribution in [-0.4, -0.2) is 24.5 Å². The van der Waals surface area contributed by atoms with Crippen LogP contribution in [-0.2, 0) is 11.3 Å². The van der Waals surface area contributed by atoms with Crippen LogP contribution in [0.15, 0.2) is 23.1 Å². The van der Waals surface area contributed by atoms with Crippen molar-refractivity contribution in [3.63, 3.8) is 0 Å². The van der Waals surface area contributed by atoms with Crippen molar-refractivity contribution in [2.24, 2.45) is 0 Å². The molecule has 19 heavy (non-hydrogen) atoms. The van der Waals surface area contributed by atoms with Crippen molar-refractivity contribution in [3.8, 4) is 0 Å². The molecule has 1 saturated carbocycles. The van der Waals surface area contributed by atoms with Gasteiger partial charge in [-0.25, -0.2) is 4.39 Å². The van der Waals surface area contributed by atoms with E-state index in [0.29, 0.717) is 18.7 Å². The molecule has 0 spiro atoms. The Kier molecular flexibility index (Phi) is 4.41. The number of halogens is 1. The summed E-state index contributed by atoms with van der Waals surface area (Å²) in [6, 6.07) is 5.98. The molecule has 1 aromatic carbocycles. The molecule has 0 amide bonds. The van der Waals surface area contributed by atoms with E-state index >= 15 is 0 Å². The van der Waals surface area contributed by atoms with Gasteiger partial charge in [0, 0.05) is 35.4 Å². The lowest BCUT2D eigenvalue weighted by Crippen LogP contribution is -2.17. The smallest absolute Gasteiger partial charge is 0.128 e. The molecule has 0 bridgehead atoms. The lowest BCUT2D eigenvalue weighted by Gasteiger charge is -2.13. The minimum absolute atomic E-state index is 0.0921. The van der Waals surface area contributed by atoms with Crippen molar-refractivity contribution in [3.05, 3.63) is 29.6 Å². The number of ether oxygens (including phenoxy) is 1. The van der Waals surface area contributed by atoms with E-state index < -0.39 is 0 Å². The Morgan fingerprint density at radius 1 is 1.32 bits per heavy atom. The van der Waals surface area contributed by atoms with Gasteiger partial charge < -0.3 is 10.1 Å². The normalized spacial score (nSPS) is 22.9. The minimum Gasteiger partial charge on any atom is -0.377 e. The predicted octanol–water partition coefficient (Wildman–Crippen LogP) is 3.35. The second kappa shape index (κ2) is 6.25. The maximum Gasteiger partial charge on any atom is 0.128 e. The summed E-state index contributed by atoms with van der Waals surface area (Å²) in [7, 11) is 0. The summed E-state index contributed by atoms with van der Waals surface area (Å²) in [4.78, 5) is 1.06. The van der Waals surface area contributed by atoms with Crippen molar-refractivity contribution in [2.45, 2.75) is 49.3 Å². The van der Waals surface area contributed by atoms with Crippen LogP contribution in [0.25, 0.3) is 0 Å². The lowest BCUT2D eigenvalue weighted by atomic mass is 10.2. The summed E-state index contributed by atoms with van der Waals surface area (Å²) in [5.41, 5.74) is 0.817. The summed E-state index contributed by atoms with van der Waals surface area (Å²) in [6.07, 6.45) is 5.10. The van der Waals surface area contributed by atoms with Gasteiger partial charge in [0.15, 0.2) is 0 Å². The summed E-state index contributed by atoms with van der Waals surface area (Å²) < 4.78 is 19.6. The van der Waals surface area contributed by atoms with Crippen molar-refractivity contribution >= 4 is 11.8 Å². The number of benzene rings is 1. The minimum atomic E-state index is -0.0921. The number of thioether (sulfide) groups is 1. The van der Waals surface area contributed by atoms with E-state index in [4.69, 9.17) is 4.74 Å². The molecule has 1 aromatic rings. The van der Waals surface area contributed by atoms with Crippen molar-refractivity contribution in [1.29, 1.82) is 0 Å². The van der Waals surface area contributed by atoms with Crippen LogP contribution in [0.2, 0.25) is 0 Å². The van der Waals surface area contributed by atoms with Crippen LogP contribution in [0.1, 0.15) is 31.2 Å². The third-order valence-electron chi connectivity index (χ3n) is 3.67. The third-order valence-corrected chi connectivity index (χ3v) is 4.90. The molecule has 1 heterocycles. The number of nitrogens with one attached hydrogen (secondary N) is 1. The van der Waals surface area contributed by atoms with Gasteiger partial charge in [0.25, 0.3) is 0 Å². The summed E-state index contributed by atoms with van der Waals surface area (Å²) in [5, 5.41) is 3.40. The molecule has 1 atom stereocenters. The fourth-order valence-corrected chi connectivity index (χ4v) is 3.49. The van der Waals surface area contributed by atoms with Crippen molar-refractivity contribution < 1.29 is 9.13 Å². The first-order valence-electron chi connectivity index (χ1n) is 7.08. The number of hydrogen-bond donors (Lipinski definition) is 1. The van der Waals surface area contributed by atoms with E-state index in [9.17, 15) is 4.39 Å². The molecule has 1 unspecified atom stereocenters. The van der Waals surface area contributed by atoms with Crippen LogP contribution >= 0.6 is 11.8 Å². The zero-order chi connectivity index (χ0) is 13.1. The molecule has 1 N–H and O–H groups in total. The Morgan fingerprint density at radius 3 is 2.95 bits per heavy atom. The van der Waals surface area contributed by atoms with Crippen molar-refractivity contribution in [2.75, 3.05) is 12.4 Å². The van der Waals surface area contributed by atoms with E-state index in [1.54, 1.807) is 23.9 Å². The highest BCUT2D eigenvalue weighted by Gasteiger charge is 2.22. The topological polar surface area (TPSA) is 21.3 Å². The van der Waals surface area contributed by atoms with E-state index in [2.05, 4.69) is 5.32 Å². The fourth-order valence-electron chi connectivity index (χ4n) is 2.34. The summed E-state index contributed by atoms with van der Waals surface area (Å²) >= 11 is 1.73. The van der Waals surface area contributed by atoms with Gasteiger partial charge in [-0.05, 0) is 37.8 Å². The Bertz CT molecular complexity index is 430. The van der Waals surface area contributed by atoms with Gasteiger partial charge >= 0.3 is 0 Å². The van der Waals surface area contributed by atoms with Gasteiger partial charge in [0.05, 0.1) is 6.10 Å². The molecule has 1 aliphatic heterocycles. The van der Waals surface area contributed by atoms with Crippen LogP contribution in [0, 0.1) is 5.82 Å². The highest BCUT2D eigenvalue weighted by molar-refractivity contribution is 7.99. The molecular formula is C15H20FNOS. The van der Waals surface area contributed by atoms with E-state index in [1.165, 1.54) is 12.8 Å². The Balaban J connectivity index is 1.62. The monoisotopic (exact) mass is 281 g/mol. The van der Waals surface area contributed by atoms with Gasteiger partial charge in [0.2, 0.25) is 0 Å². The summed E-state index contributed by atoms with van der Waals surface area (Å²) in [5.74, 6) is 0.838. The Labute approximate surface area is 118 Å². The maximum absolute atomic E-state index is 13.9. The zero-order valence-electron chi connectivity index (χ0n) is 11.0. The fraction of sp³-hybridized carbons (Fsp3) is 0.600. The second-order valence-electron chi connectivity index (χ2n) is 5.32. The summed E-state index contributed by atoms with van der Waals surface area (Å²) in [6.45, 7) is 1.52. The highest BCUT2D eigenvalue weighted by atomic mass is 32.2. The molecule has 2 fully saturated rings. The molecule has 2 aliphatic rings. The first-order chi connectivity index (χ1) is 9.33. The molecule has 0 aromatic heterocycles. The maximum atomic E-state index is 13.9. The first kappa shape index (κ1) is 13.4. The standard InChI is InChI=1S/C15H20FNOS/c16-14-4-1-5-15(13(14)9-17-11-6-7-11)19-10-12-3-2-8-18-12/h1,4-5,11-12,17H,2-3,6-10H2. The van der Waals surface area contributed by atoms with E-state index in [0.717, 1.165) is 35.7 Å². The molecule has 1 saturated heterocycles. The van der Waals surface area contributed by atoms with Crippen LogP contribution in [0.5, 0.6) is 0 Å². The molecule has 1 aliphatic carbocycles. The van der Waals surface area contributed by atoms with Crippen LogP contribution in [0.3, 0.4) is 0 Å². The van der Waals surface area contributed by atoms with Gasteiger partial charge in [-0.2, -0.15) is 0 Å². The molecule has 0 radical (unpaired) electrons. The molecule has 3 rings (SSSR count).